The molecule has 19 heavy (non-hydrogen) atoms. The largest absolute Gasteiger partial charge is 0.368 e. The summed E-state index contributed by atoms with van der Waals surface area (Å²) in [6.07, 6.45) is 1.31. The molecule has 1 fully saturated rings. The van der Waals surface area contributed by atoms with Crippen LogP contribution in [0.2, 0.25) is 0 Å². The van der Waals surface area contributed by atoms with Crippen LogP contribution >= 0.6 is 0 Å². The standard InChI is InChI=1S/C17H28N2/c1-13(2)10-18-11-16-7-5-6-8-17(16)19-12-14(3)9-15(19)4/h5-8,13-15,18H,9-12H2,1-4H3. The Hall–Kier alpha value is -1.02. The maximum atomic E-state index is 3.56. The highest BCUT2D eigenvalue weighted by Gasteiger charge is 2.27. The van der Waals surface area contributed by atoms with Crippen LogP contribution in [-0.2, 0) is 6.54 Å². The van der Waals surface area contributed by atoms with Gasteiger partial charge in [0.2, 0.25) is 0 Å². The van der Waals surface area contributed by atoms with Crippen molar-refractivity contribution in [1.29, 1.82) is 0 Å². The van der Waals surface area contributed by atoms with Gasteiger partial charge in [0, 0.05) is 24.8 Å². The van der Waals surface area contributed by atoms with E-state index in [-0.39, 0.29) is 0 Å². The van der Waals surface area contributed by atoms with Gasteiger partial charge in [0.1, 0.15) is 0 Å². The zero-order valence-electron chi connectivity index (χ0n) is 12.8. The molecule has 0 saturated carbocycles. The highest BCUT2D eigenvalue weighted by Crippen LogP contribution is 2.31. The molecular formula is C17H28N2. The third-order valence-corrected chi connectivity index (χ3v) is 3.95. The van der Waals surface area contributed by atoms with Crippen molar-refractivity contribution in [3.63, 3.8) is 0 Å². The zero-order valence-corrected chi connectivity index (χ0v) is 12.8. The van der Waals surface area contributed by atoms with Gasteiger partial charge in [0.15, 0.2) is 0 Å². The molecule has 0 bridgehead atoms. The molecule has 2 unspecified atom stereocenters. The normalized spacial score (nSPS) is 23.3. The van der Waals surface area contributed by atoms with Crippen LogP contribution in [0.25, 0.3) is 0 Å². The maximum absolute atomic E-state index is 3.56. The van der Waals surface area contributed by atoms with Crippen LogP contribution in [0, 0.1) is 11.8 Å². The minimum atomic E-state index is 0.668. The topological polar surface area (TPSA) is 15.3 Å². The Bertz CT molecular complexity index is 400. The number of para-hydroxylation sites is 1. The number of rotatable bonds is 5. The van der Waals surface area contributed by atoms with Gasteiger partial charge >= 0.3 is 0 Å². The molecule has 0 spiro atoms. The highest BCUT2D eigenvalue weighted by atomic mass is 15.2. The third kappa shape index (κ3) is 3.73. The van der Waals surface area contributed by atoms with E-state index in [2.05, 4.69) is 62.2 Å². The van der Waals surface area contributed by atoms with Gasteiger partial charge < -0.3 is 10.2 Å². The summed E-state index contributed by atoms with van der Waals surface area (Å²) in [7, 11) is 0. The summed E-state index contributed by atoms with van der Waals surface area (Å²) in [4.78, 5) is 2.58. The van der Waals surface area contributed by atoms with Crippen molar-refractivity contribution in [3.05, 3.63) is 29.8 Å². The van der Waals surface area contributed by atoms with Crippen molar-refractivity contribution in [2.24, 2.45) is 11.8 Å². The van der Waals surface area contributed by atoms with Gasteiger partial charge in [0.25, 0.3) is 0 Å². The van der Waals surface area contributed by atoms with Gasteiger partial charge in [-0.05, 0) is 43.4 Å². The fraction of sp³-hybridized carbons (Fsp3) is 0.647. The van der Waals surface area contributed by atoms with Crippen LogP contribution < -0.4 is 10.2 Å². The van der Waals surface area contributed by atoms with Crippen LogP contribution in [0.4, 0.5) is 5.69 Å². The summed E-state index contributed by atoms with van der Waals surface area (Å²) >= 11 is 0. The number of nitrogens with zero attached hydrogens (tertiary/aromatic N) is 1. The van der Waals surface area contributed by atoms with E-state index >= 15 is 0 Å². The first-order chi connectivity index (χ1) is 9.08. The van der Waals surface area contributed by atoms with Crippen LogP contribution in [0.15, 0.2) is 24.3 Å². The van der Waals surface area contributed by atoms with Gasteiger partial charge in [0.05, 0.1) is 0 Å². The van der Waals surface area contributed by atoms with E-state index in [0.29, 0.717) is 12.0 Å². The molecule has 1 N–H and O–H groups in total. The third-order valence-electron chi connectivity index (χ3n) is 3.95. The predicted molar refractivity (Wildman–Crippen MR) is 83.6 cm³/mol. The van der Waals surface area contributed by atoms with E-state index < -0.39 is 0 Å². The minimum Gasteiger partial charge on any atom is -0.368 e. The average Bonchev–Trinajstić information content (AvgIpc) is 2.68. The molecule has 1 aliphatic rings. The second-order valence-electron chi connectivity index (χ2n) is 6.50. The lowest BCUT2D eigenvalue weighted by atomic mass is 10.1. The summed E-state index contributed by atoms with van der Waals surface area (Å²) in [5.74, 6) is 1.52. The van der Waals surface area contributed by atoms with Gasteiger partial charge in [-0.2, -0.15) is 0 Å². The second kappa shape index (κ2) is 6.42. The first-order valence-corrected chi connectivity index (χ1v) is 7.63. The lowest BCUT2D eigenvalue weighted by Crippen LogP contribution is -2.29. The van der Waals surface area contributed by atoms with Crippen molar-refractivity contribution in [1.82, 2.24) is 5.32 Å². The summed E-state index contributed by atoms with van der Waals surface area (Å²) in [6.45, 7) is 12.5. The molecular weight excluding hydrogens is 232 g/mol. The summed E-state index contributed by atoms with van der Waals surface area (Å²) < 4.78 is 0. The Kier molecular flexibility index (Phi) is 4.87. The lowest BCUT2D eigenvalue weighted by molar-refractivity contribution is 0.551. The Morgan fingerprint density at radius 3 is 2.63 bits per heavy atom. The minimum absolute atomic E-state index is 0.668. The Morgan fingerprint density at radius 2 is 2.00 bits per heavy atom. The SMILES string of the molecule is CC(C)CNCc1ccccc1N1CC(C)CC1C. The fourth-order valence-electron chi connectivity index (χ4n) is 3.07. The monoisotopic (exact) mass is 260 g/mol. The number of hydrogen-bond acceptors (Lipinski definition) is 2. The smallest absolute Gasteiger partial charge is 0.0414 e. The quantitative estimate of drug-likeness (QED) is 0.869. The molecule has 0 amide bonds. The maximum Gasteiger partial charge on any atom is 0.0414 e. The lowest BCUT2D eigenvalue weighted by Gasteiger charge is -2.26. The predicted octanol–water partition coefficient (Wildman–Crippen LogP) is 3.67. The average molecular weight is 260 g/mol. The molecule has 2 nitrogen and oxygen atoms in total. The van der Waals surface area contributed by atoms with Crippen molar-refractivity contribution >= 4 is 5.69 Å². The summed E-state index contributed by atoms with van der Waals surface area (Å²) in [6, 6.07) is 9.53. The first-order valence-electron chi connectivity index (χ1n) is 7.63. The summed E-state index contributed by atoms with van der Waals surface area (Å²) in [5, 5.41) is 3.56. The van der Waals surface area contributed by atoms with Gasteiger partial charge in [-0.25, -0.2) is 0 Å². The van der Waals surface area contributed by atoms with E-state index in [0.717, 1.165) is 19.0 Å². The Labute approximate surface area is 118 Å². The summed E-state index contributed by atoms with van der Waals surface area (Å²) in [5.41, 5.74) is 2.86. The van der Waals surface area contributed by atoms with Crippen molar-refractivity contribution < 1.29 is 0 Å². The van der Waals surface area contributed by atoms with E-state index in [4.69, 9.17) is 0 Å². The van der Waals surface area contributed by atoms with Gasteiger partial charge in [-0.1, -0.05) is 39.0 Å². The first kappa shape index (κ1) is 14.4. The highest BCUT2D eigenvalue weighted by molar-refractivity contribution is 5.55. The molecule has 0 radical (unpaired) electrons. The van der Waals surface area contributed by atoms with E-state index in [1.54, 1.807) is 0 Å². The molecule has 1 aromatic rings. The van der Waals surface area contributed by atoms with E-state index in [1.807, 2.05) is 0 Å². The molecule has 2 heteroatoms. The number of nitrogens with one attached hydrogen (secondary N) is 1. The van der Waals surface area contributed by atoms with Crippen LogP contribution in [-0.4, -0.2) is 19.1 Å². The fourth-order valence-corrected chi connectivity index (χ4v) is 3.07. The van der Waals surface area contributed by atoms with Crippen LogP contribution in [0.1, 0.15) is 39.7 Å². The number of anilines is 1. The van der Waals surface area contributed by atoms with Crippen LogP contribution in [0.5, 0.6) is 0 Å². The molecule has 2 rings (SSSR count). The van der Waals surface area contributed by atoms with Crippen LogP contribution in [0.3, 0.4) is 0 Å². The molecule has 1 aliphatic heterocycles. The molecule has 0 aliphatic carbocycles. The molecule has 1 heterocycles. The Morgan fingerprint density at radius 1 is 1.26 bits per heavy atom. The van der Waals surface area contributed by atoms with E-state index in [9.17, 15) is 0 Å². The molecule has 1 aromatic carbocycles. The van der Waals surface area contributed by atoms with Gasteiger partial charge in [-0.15, -0.1) is 0 Å². The number of benzene rings is 1. The Balaban J connectivity index is 2.08. The molecule has 2 atom stereocenters. The second-order valence-corrected chi connectivity index (χ2v) is 6.50. The van der Waals surface area contributed by atoms with Crippen molar-refractivity contribution in [2.75, 3.05) is 18.0 Å². The molecule has 1 saturated heterocycles. The molecule has 0 aromatic heterocycles. The van der Waals surface area contributed by atoms with E-state index in [1.165, 1.54) is 24.2 Å². The van der Waals surface area contributed by atoms with Gasteiger partial charge in [-0.3, -0.25) is 0 Å². The van der Waals surface area contributed by atoms with Crippen molar-refractivity contribution in [2.45, 2.75) is 46.7 Å². The molecule has 106 valence electrons. The van der Waals surface area contributed by atoms with Crippen molar-refractivity contribution in [3.8, 4) is 0 Å². The number of hydrogen-bond donors (Lipinski definition) is 1. The zero-order chi connectivity index (χ0) is 13.8.